The Balaban J connectivity index is 0.000000656. The maximum atomic E-state index is 13.9. The van der Waals surface area contributed by atoms with Gasteiger partial charge in [0.05, 0.1) is 16.8 Å². The van der Waals surface area contributed by atoms with Gasteiger partial charge in [0.25, 0.3) is 0 Å². The van der Waals surface area contributed by atoms with Gasteiger partial charge in [-0.1, -0.05) is 45.9 Å². The number of halogens is 6. The Morgan fingerprint density at radius 1 is 0.644 bits per heavy atom. The zero-order valence-corrected chi connectivity index (χ0v) is 27.2. The van der Waals surface area contributed by atoms with E-state index in [4.69, 9.17) is 0 Å². The third kappa shape index (κ3) is 9.64. The van der Waals surface area contributed by atoms with Crippen molar-refractivity contribution in [3.8, 4) is 11.1 Å². The summed E-state index contributed by atoms with van der Waals surface area (Å²) >= 11 is 0. The summed E-state index contributed by atoms with van der Waals surface area (Å²) < 4.78 is 83.1. The van der Waals surface area contributed by atoms with Gasteiger partial charge in [0.15, 0.2) is 0 Å². The fourth-order valence-corrected chi connectivity index (χ4v) is 5.32. The van der Waals surface area contributed by atoms with Crippen LogP contribution >= 0.6 is 0 Å². The Kier molecular flexibility index (Phi) is 13.6. The molecule has 0 aliphatic carbocycles. The SMILES string of the molecule is CCC(C)(CC)N(C(C)=O)C(C)=O.CCC(CC)c1ccc(-c2ccc(N(C(C)=O)C(C)=O)cc2C(F)(F)F)c(C(F)(F)F)c1. The first-order valence-electron chi connectivity index (χ1n) is 14.7. The monoisotopic (exact) mass is 644 g/mol. The molecule has 0 aliphatic heterocycles. The summed E-state index contributed by atoms with van der Waals surface area (Å²) in [7, 11) is 0. The number of carbonyl (C=O) groups excluding carboxylic acids is 4. The van der Waals surface area contributed by atoms with Crippen LogP contribution in [0.15, 0.2) is 36.4 Å². The van der Waals surface area contributed by atoms with E-state index in [-0.39, 0.29) is 29.0 Å². The maximum Gasteiger partial charge on any atom is 0.417 e. The molecule has 2 rings (SSSR count). The second kappa shape index (κ2) is 15.5. The number of rotatable bonds is 8. The van der Waals surface area contributed by atoms with Crippen LogP contribution in [-0.4, -0.2) is 34.1 Å². The van der Waals surface area contributed by atoms with E-state index >= 15 is 0 Å². The van der Waals surface area contributed by atoms with Gasteiger partial charge in [-0.15, -0.1) is 0 Å². The number of benzene rings is 2. The van der Waals surface area contributed by atoms with E-state index in [1.54, 1.807) is 0 Å². The van der Waals surface area contributed by atoms with Crippen molar-refractivity contribution < 1.29 is 45.5 Å². The Hall–Kier alpha value is -3.70. The molecule has 0 radical (unpaired) electrons. The van der Waals surface area contributed by atoms with Crippen molar-refractivity contribution in [2.45, 2.75) is 112 Å². The summed E-state index contributed by atoms with van der Waals surface area (Å²) in [5.74, 6) is -2.13. The van der Waals surface area contributed by atoms with E-state index in [0.717, 1.165) is 51.0 Å². The first kappa shape index (κ1) is 39.3. The van der Waals surface area contributed by atoms with Gasteiger partial charge in [-0.3, -0.25) is 29.0 Å². The molecule has 0 aliphatic rings. The zero-order valence-electron chi connectivity index (χ0n) is 27.2. The first-order valence-corrected chi connectivity index (χ1v) is 14.7. The van der Waals surface area contributed by atoms with Crippen LogP contribution in [0, 0.1) is 0 Å². The minimum atomic E-state index is -5.03. The van der Waals surface area contributed by atoms with Gasteiger partial charge in [0, 0.05) is 33.2 Å². The number of amides is 4. The average molecular weight is 645 g/mol. The summed E-state index contributed by atoms with van der Waals surface area (Å²) in [6, 6.07) is 5.77. The number of nitrogens with zero attached hydrogens (tertiary/aromatic N) is 2. The molecule has 0 heterocycles. The van der Waals surface area contributed by atoms with Gasteiger partial charge in [-0.2, -0.15) is 26.3 Å². The molecule has 0 saturated heterocycles. The quantitative estimate of drug-likeness (QED) is 0.269. The van der Waals surface area contributed by atoms with E-state index in [0.29, 0.717) is 29.4 Å². The fourth-order valence-electron chi connectivity index (χ4n) is 5.32. The minimum Gasteiger partial charge on any atom is -0.277 e. The van der Waals surface area contributed by atoms with Crippen molar-refractivity contribution in [3.05, 3.63) is 53.1 Å². The predicted molar refractivity (Wildman–Crippen MR) is 161 cm³/mol. The molecule has 2 aromatic rings. The Bertz CT molecular complexity index is 1350. The third-order valence-corrected chi connectivity index (χ3v) is 7.99. The predicted octanol–water partition coefficient (Wildman–Crippen LogP) is 9.15. The van der Waals surface area contributed by atoms with Crippen molar-refractivity contribution in [3.63, 3.8) is 0 Å². The van der Waals surface area contributed by atoms with Crippen LogP contribution in [0.2, 0.25) is 0 Å². The lowest BCUT2D eigenvalue weighted by Crippen LogP contribution is -2.50. The Morgan fingerprint density at radius 3 is 1.36 bits per heavy atom. The number of alkyl halides is 6. The molecule has 0 fully saturated rings. The Morgan fingerprint density at radius 2 is 1.04 bits per heavy atom. The van der Waals surface area contributed by atoms with Gasteiger partial charge < -0.3 is 0 Å². The van der Waals surface area contributed by atoms with Gasteiger partial charge in [-0.25, -0.2) is 0 Å². The van der Waals surface area contributed by atoms with Crippen molar-refractivity contribution >= 4 is 29.3 Å². The smallest absolute Gasteiger partial charge is 0.277 e. The van der Waals surface area contributed by atoms with Crippen molar-refractivity contribution in [1.29, 1.82) is 0 Å². The van der Waals surface area contributed by atoms with Gasteiger partial charge in [-0.05, 0) is 73.4 Å². The van der Waals surface area contributed by atoms with Gasteiger partial charge in [0.2, 0.25) is 23.6 Å². The highest BCUT2D eigenvalue weighted by Gasteiger charge is 2.39. The summed E-state index contributed by atoms with van der Waals surface area (Å²) in [6.45, 7) is 14.4. The molecule has 45 heavy (non-hydrogen) atoms. The molecule has 0 saturated carbocycles. The normalized spacial score (nSPS) is 11.9. The van der Waals surface area contributed by atoms with E-state index in [2.05, 4.69) is 0 Å². The molecule has 0 atom stereocenters. The minimum absolute atomic E-state index is 0.158. The highest BCUT2D eigenvalue weighted by Crippen LogP contribution is 2.45. The van der Waals surface area contributed by atoms with Crippen LogP contribution in [0.5, 0.6) is 0 Å². The highest BCUT2D eigenvalue weighted by atomic mass is 19.4. The number of imide groups is 2. The topological polar surface area (TPSA) is 74.8 Å². The maximum absolute atomic E-state index is 13.9. The molecule has 0 aromatic heterocycles. The third-order valence-electron chi connectivity index (χ3n) is 7.99. The fraction of sp³-hybridized carbons (Fsp3) is 0.515. The largest absolute Gasteiger partial charge is 0.417 e. The first-order chi connectivity index (χ1) is 20.6. The molecular weight excluding hydrogens is 602 g/mol. The number of anilines is 1. The average Bonchev–Trinajstić information content (AvgIpc) is 2.92. The summed E-state index contributed by atoms with van der Waals surface area (Å²) in [6.07, 6.45) is -7.15. The summed E-state index contributed by atoms with van der Waals surface area (Å²) in [5.41, 5.74) is -4.14. The van der Waals surface area contributed by atoms with E-state index in [1.165, 1.54) is 24.8 Å². The molecular formula is C33H42F6N2O4. The standard InChI is InChI=1S/C23H23F6NO2.C10H19NO2/c1-5-15(6-2)16-7-9-18(20(11-16)22(24,25)26)19-10-8-17(12-21(19)23(27,28)29)30(13(3)31)14(4)32;1-6-10(5,7-2)11(8(3)12)9(4)13/h7-12,15H,5-6H2,1-4H3;6-7H2,1-5H3. The number of carbonyl (C=O) groups is 4. The van der Waals surface area contributed by atoms with Crippen molar-refractivity contribution in [2.24, 2.45) is 0 Å². The van der Waals surface area contributed by atoms with Gasteiger partial charge in [0.1, 0.15) is 0 Å². The van der Waals surface area contributed by atoms with Crippen LogP contribution in [0.3, 0.4) is 0 Å². The Labute approximate surface area is 260 Å². The molecule has 0 N–H and O–H groups in total. The number of hydrogen-bond donors (Lipinski definition) is 0. The summed E-state index contributed by atoms with van der Waals surface area (Å²) in [4.78, 5) is 47.8. The van der Waals surface area contributed by atoms with Crippen LogP contribution in [0.25, 0.3) is 11.1 Å². The highest BCUT2D eigenvalue weighted by molar-refractivity contribution is 6.13. The molecule has 2 aromatic carbocycles. The zero-order chi connectivity index (χ0) is 35.1. The van der Waals surface area contributed by atoms with Crippen molar-refractivity contribution in [1.82, 2.24) is 4.90 Å². The van der Waals surface area contributed by atoms with Gasteiger partial charge >= 0.3 is 12.4 Å². The van der Waals surface area contributed by atoms with E-state index in [1.807, 2.05) is 34.6 Å². The lowest BCUT2D eigenvalue weighted by Gasteiger charge is -2.37. The molecule has 4 amide bonds. The molecule has 0 spiro atoms. The number of hydrogen-bond acceptors (Lipinski definition) is 4. The van der Waals surface area contributed by atoms with E-state index < -0.39 is 46.4 Å². The van der Waals surface area contributed by atoms with Crippen LogP contribution in [0.1, 0.15) is 111 Å². The van der Waals surface area contributed by atoms with Crippen LogP contribution in [0.4, 0.5) is 32.0 Å². The second-order valence-electron chi connectivity index (χ2n) is 11.0. The molecule has 0 unspecified atom stereocenters. The van der Waals surface area contributed by atoms with E-state index in [9.17, 15) is 45.5 Å². The van der Waals surface area contributed by atoms with Crippen LogP contribution in [-0.2, 0) is 31.5 Å². The second-order valence-corrected chi connectivity index (χ2v) is 11.0. The molecule has 250 valence electrons. The molecule has 6 nitrogen and oxygen atoms in total. The lowest BCUT2D eigenvalue weighted by atomic mass is 9.88. The molecule has 0 bridgehead atoms. The summed E-state index contributed by atoms with van der Waals surface area (Å²) in [5, 5.41) is 0. The van der Waals surface area contributed by atoms with Crippen LogP contribution < -0.4 is 4.90 Å². The molecule has 12 heteroatoms. The lowest BCUT2D eigenvalue weighted by molar-refractivity contribution is -0.149. The van der Waals surface area contributed by atoms with Crippen molar-refractivity contribution in [2.75, 3.05) is 4.90 Å².